The van der Waals surface area contributed by atoms with Crippen LogP contribution in [0.25, 0.3) is 0 Å². The molecule has 1 aromatic rings. The molecule has 0 aromatic carbocycles. The minimum atomic E-state index is 0.751. The van der Waals surface area contributed by atoms with Crippen molar-refractivity contribution in [2.24, 2.45) is 0 Å². The molecule has 0 amide bonds. The quantitative estimate of drug-likeness (QED) is 0.696. The summed E-state index contributed by atoms with van der Waals surface area (Å²) in [4.78, 5) is 6.77. The molecule has 0 unspecified atom stereocenters. The summed E-state index contributed by atoms with van der Waals surface area (Å²) in [6.45, 7) is 5.63. The first kappa shape index (κ1) is 13.5. The van der Waals surface area contributed by atoms with Gasteiger partial charge in [0.2, 0.25) is 5.89 Å². The van der Waals surface area contributed by atoms with Gasteiger partial charge in [0.1, 0.15) is 0 Å². The van der Waals surface area contributed by atoms with Gasteiger partial charge in [-0.25, -0.2) is 0 Å². The fourth-order valence-corrected chi connectivity index (χ4v) is 2.00. The highest BCUT2D eigenvalue weighted by atomic mass is 16.5. The number of ether oxygens (including phenoxy) is 1. The topological polar surface area (TPSA) is 63.4 Å². The van der Waals surface area contributed by atoms with Gasteiger partial charge in [-0.3, -0.25) is 4.90 Å². The van der Waals surface area contributed by atoms with Crippen molar-refractivity contribution in [2.45, 2.75) is 19.3 Å². The molecule has 0 spiro atoms. The van der Waals surface area contributed by atoms with Crippen molar-refractivity contribution in [1.29, 1.82) is 0 Å². The lowest BCUT2D eigenvalue weighted by atomic mass is 10.3. The van der Waals surface area contributed by atoms with Gasteiger partial charge in [0.25, 0.3) is 0 Å². The SMILES string of the molecule is CNCCCc1noc(CCN2CCOCC2)n1. The monoisotopic (exact) mass is 254 g/mol. The van der Waals surface area contributed by atoms with Crippen LogP contribution in [0.4, 0.5) is 0 Å². The molecule has 1 fully saturated rings. The normalized spacial score (nSPS) is 17.2. The number of hydrogen-bond donors (Lipinski definition) is 1. The summed E-state index contributed by atoms with van der Waals surface area (Å²) in [6.07, 6.45) is 2.75. The van der Waals surface area contributed by atoms with E-state index >= 15 is 0 Å². The lowest BCUT2D eigenvalue weighted by Crippen LogP contribution is -2.37. The van der Waals surface area contributed by atoms with Crippen LogP contribution in [0, 0.1) is 0 Å². The summed E-state index contributed by atoms with van der Waals surface area (Å²) in [6, 6.07) is 0. The molecule has 2 rings (SSSR count). The molecule has 0 atom stereocenters. The van der Waals surface area contributed by atoms with E-state index in [9.17, 15) is 0 Å². The van der Waals surface area contributed by atoms with Gasteiger partial charge in [0.05, 0.1) is 13.2 Å². The van der Waals surface area contributed by atoms with Gasteiger partial charge >= 0.3 is 0 Å². The number of morpholine rings is 1. The van der Waals surface area contributed by atoms with Gasteiger partial charge < -0.3 is 14.6 Å². The van der Waals surface area contributed by atoms with Crippen LogP contribution in [0.2, 0.25) is 0 Å². The van der Waals surface area contributed by atoms with E-state index in [4.69, 9.17) is 9.26 Å². The van der Waals surface area contributed by atoms with E-state index in [0.29, 0.717) is 0 Å². The van der Waals surface area contributed by atoms with Crippen LogP contribution in [0.15, 0.2) is 4.52 Å². The van der Waals surface area contributed by atoms with Crippen LogP contribution in [0.5, 0.6) is 0 Å². The fourth-order valence-electron chi connectivity index (χ4n) is 2.00. The predicted molar refractivity (Wildman–Crippen MR) is 67.5 cm³/mol. The maximum Gasteiger partial charge on any atom is 0.227 e. The third kappa shape index (κ3) is 4.36. The molecule has 2 heterocycles. The number of aryl methyl sites for hydroxylation is 1. The molecule has 1 saturated heterocycles. The van der Waals surface area contributed by atoms with Crippen molar-refractivity contribution in [1.82, 2.24) is 20.4 Å². The Bertz CT molecular complexity index is 337. The molecule has 18 heavy (non-hydrogen) atoms. The molecule has 0 radical (unpaired) electrons. The maximum absolute atomic E-state index is 5.31. The standard InChI is InChI=1S/C12H22N4O2/c1-13-5-2-3-11-14-12(18-15-11)4-6-16-7-9-17-10-8-16/h13H,2-10H2,1H3. The van der Waals surface area contributed by atoms with Gasteiger partial charge in [-0.2, -0.15) is 4.98 Å². The lowest BCUT2D eigenvalue weighted by molar-refractivity contribution is 0.0375. The Morgan fingerprint density at radius 1 is 1.28 bits per heavy atom. The summed E-state index contributed by atoms with van der Waals surface area (Å²) in [5.74, 6) is 1.57. The Hall–Kier alpha value is -0.980. The largest absolute Gasteiger partial charge is 0.379 e. The number of aromatic nitrogens is 2. The van der Waals surface area contributed by atoms with Crippen molar-refractivity contribution in [3.05, 3.63) is 11.7 Å². The second-order valence-corrected chi connectivity index (χ2v) is 4.52. The van der Waals surface area contributed by atoms with E-state index in [0.717, 1.165) is 70.4 Å². The Labute approximate surface area is 108 Å². The Balaban J connectivity index is 1.69. The highest BCUT2D eigenvalue weighted by Crippen LogP contribution is 2.03. The molecule has 6 nitrogen and oxygen atoms in total. The highest BCUT2D eigenvalue weighted by Gasteiger charge is 2.12. The van der Waals surface area contributed by atoms with Crippen molar-refractivity contribution in [3.63, 3.8) is 0 Å². The molecular weight excluding hydrogens is 232 g/mol. The molecule has 1 aliphatic rings. The van der Waals surface area contributed by atoms with Gasteiger partial charge in [0.15, 0.2) is 5.82 Å². The summed E-state index contributed by atoms with van der Waals surface area (Å²) >= 11 is 0. The van der Waals surface area contributed by atoms with Crippen LogP contribution >= 0.6 is 0 Å². The smallest absolute Gasteiger partial charge is 0.227 e. The van der Waals surface area contributed by atoms with Crippen LogP contribution < -0.4 is 5.32 Å². The molecular formula is C12H22N4O2. The fraction of sp³-hybridized carbons (Fsp3) is 0.833. The zero-order valence-corrected chi connectivity index (χ0v) is 11.0. The van der Waals surface area contributed by atoms with Gasteiger partial charge in [-0.15, -0.1) is 0 Å². The first-order chi connectivity index (χ1) is 8.88. The second kappa shape index (κ2) is 7.45. The third-order valence-electron chi connectivity index (χ3n) is 3.08. The van der Waals surface area contributed by atoms with Gasteiger partial charge in [-0.05, 0) is 20.0 Å². The molecule has 0 aliphatic carbocycles. The second-order valence-electron chi connectivity index (χ2n) is 4.52. The maximum atomic E-state index is 5.31. The Morgan fingerprint density at radius 2 is 2.11 bits per heavy atom. The summed E-state index contributed by atoms with van der Waals surface area (Å²) in [5, 5.41) is 7.10. The number of rotatable bonds is 7. The summed E-state index contributed by atoms with van der Waals surface area (Å²) in [5.41, 5.74) is 0. The van der Waals surface area contributed by atoms with Crippen LogP contribution in [0.1, 0.15) is 18.1 Å². The molecule has 1 N–H and O–H groups in total. The van der Waals surface area contributed by atoms with E-state index in [-0.39, 0.29) is 0 Å². The first-order valence-corrected chi connectivity index (χ1v) is 6.64. The van der Waals surface area contributed by atoms with E-state index < -0.39 is 0 Å². The van der Waals surface area contributed by atoms with E-state index in [1.165, 1.54) is 0 Å². The average molecular weight is 254 g/mol. The summed E-state index contributed by atoms with van der Waals surface area (Å²) < 4.78 is 10.6. The molecule has 1 aliphatic heterocycles. The van der Waals surface area contributed by atoms with E-state index in [2.05, 4.69) is 20.4 Å². The van der Waals surface area contributed by atoms with Gasteiger partial charge in [-0.1, -0.05) is 5.16 Å². The van der Waals surface area contributed by atoms with Crippen molar-refractivity contribution in [3.8, 4) is 0 Å². The molecule has 0 bridgehead atoms. The van der Waals surface area contributed by atoms with E-state index in [1.807, 2.05) is 7.05 Å². The molecule has 102 valence electrons. The minimum absolute atomic E-state index is 0.751. The van der Waals surface area contributed by atoms with Crippen LogP contribution in [0.3, 0.4) is 0 Å². The first-order valence-electron chi connectivity index (χ1n) is 6.64. The van der Waals surface area contributed by atoms with Crippen molar-refractivity contribution >= 4 is 0 Å². The molecule has 0 saturated carbocycles. The van der Waals surface area contributed by atoms with Crippen LogP contribution in [-0.2, 0) is 17.6 Å². The number of nitrogens with zero attached hydrogens (tertiary/aromatic N) is 3. The van der Waals surface area contributed by atoms with Gasteiger partial charge in [0, 0.05) is 32.5 Å². The lowest BCUT2D eigenvalue weighted by Gasteiger charge is -2.25. The zero-order valence-electron chi connectivity index (χ0n) is 11.0. The van der Waals surface area contributed by atoms with Crippen molar-refractivity contribution < 1.29 is 9.26 Å². The highest BCUT2D eigenvalue weighted by molar-refractivity contribution is 4.87. The summed E-state index contributed by atoms with van der Waals surface area (Å²) in [7, 11) is 1.95. The molecule has 1 aromatic heterocycles. The van der Waals surface area contributed by atoms with E-state index in [1.54, 1.807) is 0 Å². The Kier molecular flexibility index (Phi) is 5.57. The molecule has 6 heteroatoms. The number of hydrogen-bond acceptors (Lipinski definition) is 6. The minimum Gasteiger partial charge on any atom is -0.379 e. The van der Waals surface area contributed by atoms with Crippen LogP contribution in [-0.4, -0.2) is 61.5 Å². The predicted octanol–water partition coefficient (Wildman–Crippen LogP) is 0.0963. The Morgan fingerprint density at radius 3 is 2.89 bits per heavy atom. The zero-order chi connectivity index (χ0) is 12.6. The number of nitrogens with one attached hydrogen (secondary N) is 1. The third-order valence-corrected chi connectivity index (χ3v) is 3.08. The average Bonchev–Trinajstić information content (AvgIpc) is 2.86. The van der Waals surface area contributed by atoms with Crippen molar-refractivity contribution in [2.75, 3.05) is 46.4 Å².